The van der Waals surface area contributed by atoms with Gasteiger partial charge in [-0.1, -0.05) is 11.6 Å². The van der Waals surface area contributed by atoms with Gasteiger partial charge >= 0.3 is 6.18 Å². The van der Waals surface area contributed by atoms with Crippen molar-refractivity contribution in [2.24, 2.45) is 0 Å². The van der Waals surface area contributed by atoms with Crippen molar-refractivity contribution in [3.8, 4) is 5.95 Å². The minimum Gasteiger partial charge on any atom is -0.381 e. The second-order valence-electron chi connectivity index (χ2n) is 6.26. The van der Waals surface area contributed by atoms with E-state index in [0.29, 0.717) is 22.0 Å². The molecular formula is C18H12ClF4N7. The number of nitrogens with zero attached hydrogens (tertiary/aromatic N) is 5. The Balaban J connectivity index is 1.77. The highest BCUT2D eigenvalue weighted by atomic mass is 35.5. The van der Waals surface area contributed by atoms with Gasteiger partial charge in [0.1, 0.15) is 5.82 Å². The third-order valence-electron chi connectivity index (χ3n) is 4.19. The van der Waals surface area contributed by atoms with Gasteiger partial charge < -0.3 is 11.1 Å². The molecule has 0 aliphatic heterocycles. The fraction of sp³-hybridized carbons (Fsp3) is 0.111. The van der Waals surface area contributed by atoms with Crippen LogP contribution in [0.15, 0.2) is 36.5 Å². The van der Waals surface area contributed by atoms with Gasteiger partial charge in [0.2, 0.25) is 11.8 Å². The number of aromatic nitrogens is 5. The summed E-state index contributed by atoms with van der Waals surface area (Å²) in [5.41, 5.74) is 5.90. The first-order valence-corrected chi connectivity index (χ1v) is 8.79. The number of aryl methyl sites for hydroxylation is 1. The van der Waals surface area contributed by atoms with Crippen molar-refractivity contribution in [3.63, 3.8) is 0 Å². The lowest BCUT2D eigenvalue weighted by atomic mass is 10.2. The summed E-state index contributed by atoms with van der Waals surface area (Å²) in [4.78, 5) is 16.5. The van der Waals surface area contributed by atoms with Gasteiger partial charge in [-0.3, -0.25) is 4.57 Å². The third-order valence-corrected chi connectivity index (χ3v) is 4.39. The largest absolute Gasteiger partial charge is 0.416 e. The third kappa shape index (κ3) is 3.59. The van der Waals surface area contributed by atoms with Gasteiger partial charge in [0.15, 0.2) is 17.3 Å². The number of nitrogens with two attached hydrogens (primary N) is 1. The van der Waals surface area contributed by atoms with Crippen molar-refractivity contribution in [2.75, 3.05) is 11.1 Å². The number of benzene rings is 1. The smallest absolute Gasteiger partial charge is 0.381 e. The summed E-state index contributed by atoms with van der Waals surface area (Å²) < 4.78 is 54.2. The molecule has 0 amide bonds. The molecule has 0 atom stereocenters. The normalized spacial score (nSPS) is 11.8. The molecule has 0 fully saturated rings. The molecule has 0 spiro atoms. The molecule has 0 aliphatic carbocycles. The molecule has 30 heavy (non-hydrogen) atoms. The lowest BCUT2D eigenvalue weighted by Crippen LogP contribution is -2.11. The number of halogens is 5. The lowest BCUT2D eigenvalue weighted by Gasteiger charge is -2.12. The Hall–Kier alpha value is -3.47. The first kappa shape index (κ1) is 19.8. The summed E-state index contributed by atoms with van der Waals surface area (Å²) in [6.07, 6.45) is -3.05. The SMILES string of the molecule is Cc1nc2ncc(Cl)cc2n1-c1nc(N)c(F)c(Nc2ccc(C(F)(F)F)cc2)n1. The Bertz CT molecular complexity index is 1250. The number of anilines is 3. The average molecular weight is 438 g/mol. The minimum absolute atomic E-state index is 0.00706. The fourth-order valence-electron chi connectivity index (χ4n) is 2.82. The van der Waals surface area contributed by atoms with Crippen LogP contribution in [0.4, 0.5) is 34.9 Å². The van der Waals surface area contributed by atoms with Gasteiger partial charge in [0, 0.05) is 11.9 Å². The number of pyridine rings is 1. The van der Waals surface area contributed by atoms with Gasteiger partial charge in [0.25, 0.3) is 0 Å². The van der Waals surface area contributed by atoms with Crippen LogP contribution in [0.3, 0.4) is 0 Å². The van der Waals surface area contributed by atoms with E-state index in [-0.39, 0.29) is 17.5 Å². The van der Waals surface area contributed by atoms with E-state index in [4.69, 9.17) is 17.3 Å². The molecule has 12 heteroatoms. The fourth-order valence-corrected chi connectivity index (χ4v) is 2.97. The topological polar surface area (TPSA) is 94.5 Å². The number of alkyl halides is 3. The summed E-state index contributed by atoms with van der Waals surface area (Å²) in [7, 11) is 0. The molecule has 154 valence electrons. The molecule has 7 nitrogen and oxygen atoms in total. The molecule has 0 aliphatic rings. The van der Waals surface area contributed by atoms with Crippen LogP contribution < -0.4 is 11.1 Å². The Kier molecular flexibility index (Phi) is 4.69. The van der Waals surface area contributed by atoms with Gasteiger partial charge in [-0.2, -0.15) is 27.5 Å². The Labute approximate surface area is 171 Å². The molecule has 0 bridgehead atoms. The summed E-state index contributed by atoms with van der Waals surface area (Å²) in [6, 6.07) is 5.64. The summed E-state index contributed by atoms with van der Waals surface area (Å²) in [5, 5.41) is 2.97. The highest BCUT2D eigenvalue weighted by Crippen LogP contribution is 2.31. The van der Waals surface area contributed by atoms with Crippen molar-refractivity contribution in [1.29, 1.82) is 0 Å². The molecule has 3 heterocycles. The van der Waals surface area contributed by atoms with Crippen LogP contribution in [-0.4, -0.2) is 24.5 Å². The highest BCUT2D eigenvalue weighted by molar-refractivity contribution is 6.31. The summed E-state index contributed by atoms with van der Waals surface area (Å²) in [6.45, 7) is 1.67. The van der Waals surface area contributed by atoms with E-state index >= 15 is 0 Å². The number of imidazole rings is 1. The number of rotatable bonds is 3. The maximum atomic E-state index is 14.5. The quantitative estimate of drug-likeness (QED) is 0.453. The molecule has 3 aromatic heterocycles. The van der Waals surface area contributed by atoms with Crippen LogP contribution in [0.1, 0.15) is 11.4 Å². The molecular weight excluding hydrogens is 426 g/mol. The maximum absolute atomic E-state index is 14.5. The van der Waals surface area contributed by atoms with Gasteiger partial charge in [0.05, 0.1) is 16.1 Å². The highest BCUT2D eigenvalue weighted by Gasteiger charge is 2.30. The van der Waals surface area contributed by atoms with Crippen LogP contribution in [0.5, 0.6) is 0 Å². The molecule has 0 unspecified atom stereocenters. The second-order valence-corrected chi connectivity index (χ2v) is 6.70. The predicted octanol–water partition coefficient (Wildman–Crippen LogP) is 4.66. The van der Waals surface area contributed by atoms with E-state index in [9.17, 15) is 17.6 Å². The zero-order valence-electron chi connectivity index (χ0n) is 15.2. The van der Waals surface area contributed by atoms with E-state index in [2.05, 4.69) is 25.3 Å². The first-order valence-electron chi connectivity index (χ1n) is 8.42. The van der Waals surface area contributed by atoms with E-state index in [1.807, 2.05) is 0 Å². The van der Waals surface area contributed by atoms with Crippen molar-refractivity contribution >= 4 is 40.1 Å². The van der Waals surface area contributed by atoms with Gasteiger partial charge in [-0.05, 0) is 37.3 Å². The Morgan fingerprint density at radius 1 is 1.10 bits per heavy atom. The monoisotopic (exact) mass is 437 g/mol. The van der Waals surface area contributed by atoms with E-state index in [0.717, 1.165) is 24.3 Å². The molecule has 0 saturated heterocycles. The average Bonchev–Trinajstić information content (AvgIpc) is 3.00. The number of fused-ring (bicyclic) bond motifs is 1. The van der Waals surface area contributed by atoms with Gasteiger partial charge in [-0.15, -0.1) is 0 Å². The molecule has 4 rings (SSSR count). The zero-order chi connectivity index (χ0) is 21.6. The molecule has 4 aromatic rings. The lowest BCUT2D eigenvalue weighted by molar-refractivity contribution is -0.137. The van der Waals surface area contributed by atoms with Crippen LogP contribution in [0.25, 0.3) is 17.1 Å². The number of nitrogens with one attached hydrogen (secondary N) is 1. The van der Waals surface area contributed by atoms with Crippen LogP contribution in [0, 0.1) is 12.7 Å². The van der Waals surface area contributed by atoms with Gasteiger partial charge in [-0.25, -0.2) is 9.97 Å². The van der Waals surface area contributed by atoms with Crippen molar-refractivity contribution in [2.45, 2.75) is 13.1 Å². The number of nitrogen functional groups attached to an aromatic ring is 1. The first-order chi connectivity index (χ1) is 14.1. The van der Waals surface area contributed by atoms with Crippen molar-refractivity contribution < 1.29 is 17.6 Å². The standard InChI is InChI=1S/C18H12ClF4N7/c1-8-26-15-12(6-10(19)7-25-15)30(8)17-28-14(24)13(20)16(29-17)27-11-4-2-9(3-5-11)18(21,22)23/h2-7H,1H3,(H3,24,27,28,29). The summed E-state index contributed by atoms with van der Waals surface area (Å²) >= 11 is 6.01. The maximum Gasteiger partial charge on any atom is 0.416 e. The Morgan fingerprint density at radius 2 is 1.80 bits per heavy atom. The van der Waals surface area contributed by atoms with E-state index < -0.39 is 23.4 Å². The van der Waals surface area contributed by atoms with E-state index in [1.54, 1.807) is 13.0 Å². The molecule has 0 saturated carbocycles. The van der Waals surface area contributed by atoms with Crippen LogP contribution >= 0.6 is 11.6 Å². The van der Waals surface area contributed by atoms with E-state index in [1.165, 1.54) is 10.8 Å². The summed E-state index contributed by atoms with van der Waals surface area (Å²) in [5.74, 6) is -1.27. The second kappa shape index (κ2) is 7.10. The molecule has 0 radical (unpaired) electrons. The molecule has 1 aromatic carbocycles. The Morgan fingerprint density at radius 3 is 2.47 bits per heavy atom. The predicted molar refractivity (Wildman–Crippen MR) is 103 cm³/mol. The van der Waals surface area contributed by atoms with Crippen LogP contribution in [0.2, 0.25) is 5.02 Å². The number of hydrogen-bond donors (Lipinski definition) is 2. The van der Waals surface area contributed by atoms with Crippen LogP contribution in [-0.2, 0) is 6.18 Å². The zero-order valence-corrected chi connectivity index (χ0v) is 15.9. The van der Waals surface area contributed by atoms with Crippen molar-refractivity contribution in [1.82, 2.24) is 24.5 Å². The molecule has 3 N–H and O–H groups in total. The number of hydrogen-bond acceptors (Lipinski definition) is 6. The van der Waals surface area contributed by atoms with Crippen molar-refractivity contribution in [3.05, 3.63) is 58.8 Å². The minimum atomic E-state index is -4.48.